The van der Waals surface area contributed by atoms with Gasteiger partial charge >= 0.3 is 156 Å². The van der Waals surface area contributed by atoms with Gasteiger partial charge in [0.2, 0.25) is 0 Å². The van der Waals surface area contributed by atoms with Crippen LogP contribution in [0.15, 0.2) is 91.0 Å². The second kappa shape index (κ2) is 8.89. The van der Waals surface area contributed by atoms with E-state index in [1.54, 1.807) is 6.92 Å². The zero-order chi connectivity index (χ0) is 18.2. The standard InChI is InChI=1S/C23H26NOP/c1-20(25)19-24-17-18-26(21-11-5-2-6-12-21,22-13-7-3-8-14-22)23-15-9-4-10-16-23/h2-16,24,26H,17-19H2,1H3. The molecule has 0 bridgehead atoms. The van der Waals surface area contributed by atoms with Crippen molar-refractivity contribution in [3.8, 4) is 0 Å². The van der Waals surface area contributed by atoms with Crippen molar-refractivity contribution in [1.82, 2.24) is 5.32 Å². The average Bonchev–Trinajstić information content (AvgIpc) is 2.70. The number of hydrogen-bond donors (Lipinski definition) is 1. The van der Waals surface area contributed by atoms with Gasteiger partial charge in [-0.3, -0.25) is 0 Å². The minimum absolute atomic E-state index is 0.177. The number of rotatable bonds is 8. The maximum absolute atomic E-state index is 11.3. The van der Waals surface area contributed by atoms with Crippen LogP contribution in [0, 0.1) is 0 Å². The van der Waals surface area contributed by atoms with Crippen LogP contribution in [0.4, 0.5) is 0 Å². The fraction of sp³-hybridized carbons (Fsp3) is 0.174. The van der Waals surface area contributed by atoms with E-state index < -0.39 is 7.26 Å². The zero-order valence-electron chi connectivity index (χ0n) is 15.2. The number of ketones is 1. The first kappa shape index (κ1) is 18.5. The van der Waals surface area contributed by atoms with Gasteiger partial charge < -0.3 is 0 Å². The average molecular weight is 363 g/mol. The summed E-state index contributed by atoms with van der Waals surface area (Å²) in [6.45, 7) is 2.89. The summed E-state index contributed by atoms with van der Waals surface area (Å²) in [5.74, 6) is 0.177. The quantitative estimate of drug-likeness (QED) is 0.493. The van der Waals surface area contributed by atoms with Gasteiger partial charge in [-0.1, -0.05) is 0 Å². The summed E-state index contributed by atoms with van der Waals surface area (Å²) in [7, 11) is -2.17. The predicted octanol–water partition coefficient (Wildman–Crippen LogP) is 2.89. The van der Waals surface area contributed by atoms with Crippen molar-refractivity contribution in [2.24, 2.45) is 0 Å². The Balaban J connectivity index is 2.10. The molecule has 0 amide bonds. The second-order valence-corrected chi connectivity index (χ2v) is 10.7. The van der Waals surface area contributed by atoms with Gasteiger partial charge in [0.25, 0.3) is 0 Å². The Hall–Kier alpha value is -2.28. The molecular formula is C23H26NOP. The molecule has 0 aliphatic rings. The Morgan fingerprint density at radius 2 is 1.12 bits per heavy atom. The van der Waals surface area contributed by atoms with Crippen LogP contribution in [0.3, 0.4) is 0 Å². The first-order valence-electron chi connectivity index (χ1n) is 9.10. The summed E-state index contributed by atoms with van der Waals surface area (Å²) >= 11 is 0. The van der Waals surface area contributed by atoms with Gasteiger partial charge in [0.15, 0.2) is 0 Å². The van der Waals surface area contributed by atoms with E-state index in [0.29, 0.717) is 6.54 Å². The fourth-order valence-corrected chi connectivity index (χ4v) is 8.34. The van der Waals surface area contributed by atoms with Crippen molar-refractivity contribution in [3.05, 3.63) is 91.0 Å². The Morgan fingerprint density at radius 1 is 0.731 bits per heavy atom. The van der Waals surface area contributed by atoms with Crippen LogP contribution < -0.4 is 21.2 Å². The Kier molecular flexibility index (Phi) is 6.33. The molecule has 0 saturated heterocycles. The molecule has 3 rings (SSSR count). The fourth-order valence-electron chi connectivity index (χ4n) is 3.64. The molecule has 0 spiro atoms. The van der Waals surface area contributed by atoms with Crippen LogP contribution in [0.5, 0.6) is 0 Å². The van der Waals surface area contributed by atoms with E-state index in [9.17, 15) is 4.79 Å². The van der Waals surface area contributed by atoms with Crippen molar-refractivity contribution in [2.45, 2.75) is 6.92 Å². The molecule has 134 valence electrons. The van der Waals surface area contributed by atoms with E-state index in [-0.39, 0.29) is 5.78 Å². The topological polar surface area (TPSA) is 29.1 Å². The number of nitrogens with one attached hydrogen (secondary N) is 1. The van der Waals surface area contributed by atoms with Crippen molar-refractivity contribution in [3.63, 3.8) is 0 Å². The van der Waals surface area contributed by atoms with Crippen LogP contribution in [0.1, 0.15) is 6.92 Å². The molecule has 0 radical (unpaired) electrons. The monoisotopic (exact) mass is 363 g/mol. The van der Waals surface area contributed by atoms with Crippen molar-refractivity contribution >= 4 is 29.0 Å². The van der Waals surface area contributed by atoms with E-state index in [1.807, 2.05) is 0 Å². The van der Waals surface area contributed by atoms with Crippen LogP contribution in [0.25, 0.3) is 0 Å². The van der Waals surface area contributed by atoms with Gasteiger partial charge in [0.05, 0.1) is 0 Å². The zero-order valence-corrected chi connectivity index (χ0v) is 16.2. The molecule has 0 aliphatic heterocycles. The van der Waals surface area contributed by atoms with Crippen LogP contribution in [-0.2, 0) is 4.79 Å². The van der Waals surface area contributed by atoms with Gasteiger partial charge in [-0.05, 0) is 0 Å². The number of hydrogen-bond acceptors (Lipinski definition) is 2. The summed E-state index contributed by atoms with van der Waals surface area (Å²) in [4.78, 5) is 11.3. The van der Waals surface area contributed by atoms with Crippen molar-refractivity contribution in [2.75, 3.05) is 19.3 Å². The van der Waals surface area contributed by atoms with E-state index in [2.05, 4.69) is 96.3 Å². The minimum atomic E-state index is -2.17. The maximum atomic E-state index is 11.3. The molecule has 2 nitrogen and oxygen atoms in total. The molecule has 0 heterocycles. The summed E-state index contributed by atoms with van der Waals surface area (Å²) in [6.07, 6.45) is 1.01. The van der Waals surface area contributed by atoms with E-state index in [1.165, 1.54) is 15.9 Å². The Morgan fingerprint density at radius 3 is 1.46 bits per heavy atom. The van der Waals surface area contributed by atoms with Gasteiger partial charge in [0.1, 0.15) is 0 Å². The molecule has 3 aromatic carbocycles. The van der Waals surface area contributed by atoms with Crippen LogP contribution in [-0.4, -0.2) is 25.0 Å². The van der Waals surface area contributed by atoms with Gasteiger partial charge in [-0.15, -0.1) is 0 Å². The third-order valence-electron chi connectivity index (χ3n) is 4.85. The molecule has 3 heteroatoms. The Bertz CT molecular complexity index is 722. The molecule has 0 fully saturated rings. The summed E-state index contributed by atoms with van der Waals surface area (Å²) in [5.41, 5.74) is 0. The van der Waals surface area contributed by atoms with Crippen molar-refractivity contribution < 1.29 is 4.79 Å². The van der Waals surface area contributed by atoms with Crippen LogP contribution in [0.2, 0.25) is 0 Å². The summed E-state index contributed by atoms with van der Waals surface area (Å²) in [6, 6.07) is 32.6. The molecule has 1 N–H and O–H groups in total. The molecule has 0 saturated carbocycles. The number of carbonyl (C=O) groups is 1. The third-order valence-corrected chi connectivity index (χ3v) is 9.81. The Labute approximate surface area is 156 Å². The van der Waals surface area contributed by atoms with Gasteiger partial charge in [-0.2, -0.15) is 0 Å². The molecule has 0 aromatic heterocycles. The molecule has 0 unspecified atom stereocenters. The molecule has 0 aliphatic carbocycles. The van der Waals surface area contributed by atoms with Gasteiger partial charge in [-0.25, -0.2) is 0 Å². The summed E-state index contributed by atoms with van der Waals surface area (Å²) in [5, 5.41) is 7.55. The third kappa shape index (κ3) is 4.09. The molecular weight excluding hydrogens is 337 g/mol. The number of carbonyl (C=O) groups excluding carboxylic acids is 1. The van der Waals surface area contributed by atoms with Crippen LogP contribution >= 0.6 is 7.26 Å². The van der Waals surface area contributed by atoms with E-state index in [0.717, 1.165) is 12.7 Å². The first-order chi connectivity index (χ1) is 12.7. The molecule has 0 atom stereocenters. The predicted molar refractivity (Wildman–Crippen MR) is 115 cm³/mol. The van der Waals surface area contributed by atoms with E-state index >= 15 is 0 Å². The molecule has 3 aromatic rings. The normalized spacial score (nSPS) is 11.9. The number of Topliss-reactive ketones (excluding diaryl/α,β-unsaturated/α-hetero) is 1. The molecule has 26 heavy (non-hydrogen) atoms. The van der Waals surface area contributed by atoms with Gasteiger partial charge in [0, 0.05) is 0 Å². The number of benzene rings is 3. The first-order valence-corrected chi connectivity index (χ1v) is 11.3. The SMILES string of the molecule is CC(=O)CNCC[PH](c1ccccc1)(c1ccccc1)c1ccccc1. The van der Waals surface area contributed by atoms with E-state index in [4.69, 9.17) is 0 Å². The van der Waals surface area contributed by atoms with Crippen molar-refractivity contribution in [1.29, 1.82) is 0 Å². The summed E-state index contributed by atoms with van der Waals surface area (Å²) < 4.78 is 0. The second-order valence-electron chi connectivity index (χ2n) is 6.63.